The molecule has 2 N–H and O–H groups in total. The third kappa shape index (κ3) is 3.65. The minimum absolute atomic E-state index is 0.183. The number of aromatic nitrogens is 3. The second-order valence-corrected chi connectivity index (χ2v) is 7.10. The number of fused-ring (bicyclic) bond motifs is 1. The van der Waals surface area contributed by atoms with Gasteiger partial charge in [-0.05, 0) is 49.7 Å². The fourth-order valence-electron chi connectivity index (χ4n) is 3.46. The molecule has 0 bridgehead atoms. The largest absolute Gasteiger partial charge is 0.478 e. The predicted molar refractivity (Wildman–Crippen MR) is 115 cm³/mol. The predicted octanol–water partition coefficient (Wildman–Crippen LogP) is 3.94. The van der Waals surface area contributed by atoms with Crippen molar-refractivity contribution in [1.82, 2.24) is 14.4 Å². The Morgan fingerprint density at radius 2 is 1.97 bits per heavy atom. The van der Waals surface area contributed by atoms with Crippen molar-refractivity contribution in [2.24, 2.45) is 0 Å². The summed E-state index contributed by atoms with van der Waals surface area (Å²) in [5.74, 6) is -1.01. The second kappa shape index (κ2) is 7.79. The zero-order valence-electron chi connectivity index (χ0n) is 16.5. The van der Waals surface area contributed by atoms with E-state index >= 15 is 0 Å². The Kier molecular flexibility index (Phi) is 5.02. The van der Waals surface area contributed by atoms with Gasteiger partial charge in [0.25, 0.3) is 5.56 Å². The first-order chi connectivity index (χ1) is 14.4. The van der Waals surface area contributed by atoms with E-state index in [1.54, 1.807) is 48.9 Å². The third-order valence-electron chi connectivity index (χ3n) is 4.88. The molecule has 0 spiro atoms. The van der Waals surface area contributed by atoms with Crippen molar-refractivity contribution >= 4 is 17.3 Å². The van der Waals surface area contributed by atoms with E-state index in [0.29, 0.717) is 17.0 Å². The second-order valence-electron chi connectivity index (χ2n) is 7.10. The molecule has 1 atom stereocenters. The topological polar surface area (TPSA) is 96.6 Å². The lowest BCUT2D eigenvalue weighted by Crippen LogP contribution is -2.19. The minimum Gasteiger partial charge on any atom is -0.478 e. The molecule has 1 unspecified atom stereocenters. The average molecular weight is 400 g/mol. The number of rotatable bonds is 5. The van der Waals surface area contributed by atoms with E-state index in [2.05, 4.69) is 10.3 Å². The zero-order chi connectivity index (χ0) is 21.3. The minimum atomic E-state index is -1.01. The highest BCUT2D eigenvalue weighted by molar-refractivity contribution is 5.94. The molecule has 0 amide bonds. The normalized spacial score (nSPS) is 11.9. The lowest BCUT2D eigenvalue weighted by Gasteiger charge is -2.19. The van der Waals surface area contributed by atoms with E-state index in [9.17, 15) is 14.7 Å². The molecule has 3 aromatic heterocycles. The first-order valence-electron chi connectivity index (χ1n) is 9.47. The lowest BCUT2D eigenvalue weighted by molar-refractivity contribution is 0.0698. The van der Waals surface area contributed by atoms with Crippen molar-refractivity contribution in [3.8, 4) is 11.3 Å². The number of aromatic carboxylic acids is 1. The maximum Gasteiger partial charge on any atom is 0.337 e. The summed E-state index contributed by atoms with van der Waals surface area (Å²) in [5.41, 5.74) is 3.98. The maximum absolute atomic E-state index is 12.8. The van der Waals surface area contributed by atoms with Gasteiger partial charge in [-0.15, -0.1) is 0 Å². The highest BCUT2D eigenvalue weighted by atomic mass is 16.4. The smallest absolute Gasteiger partial charge is 0.337 e. The summed E-state index contributed by atoms with van der Waals surface area (Å²) in [5, 5.41) is 12.7. The number of carboxylic acids is 1. The van der Waals surface area contributed by atoms with Crippen LogP contribution in [0.1, 0.15) is 34.5 Å². The van der Waals surface area contributed by atoms with Gasteiger partial charge >= 0.3 is 5.97 Å². The van der Waals surface area contributed by atoms with Crippen LogP contribution in [0.25, 0.3) is 16.9 Å². The first-order valence-corrected chi connectivity index (χ1v) is 9.47. The molecular formula is C23H20N4O3. The molecule has 7 heteroatoms. The molecule has 0 aliphatic heterocycles. The van der Waals surface area contributed by atoms with Crippen LogP contribution in [0.3, 0.4) is 0 Å². The molecule has 0 saturated heterocycles. The van der Waals surface area contributed by atoms with Gasteiger partial charge in [-0.1, -0.05) is 12.1 Å². The van der Waals surface area contributed by atoms with Crippen LogP contribution in [0.4, 0.5) is 5.69 Å². The quantitative estimate of drug-likeness (QED) is 0.527. The molecule has 0 saturated carbocycles. The number of anilines is 1. The van der Waals surface area contributed by atoms with Gasteiger partial charge in [-0.3, -0.25) is 14.2 Å². The molecule has 1 aromatic carbocycles. The molecule has 7 nitrogen and oxygen atoms in total. The number of carbonyl (C=O) groups is 1. The standard InChI is InChI=1S/C23H20N4O3/c1-14-10-18(15(2)25-19-8-4-3-7-17(19)23(29)30)22-26-20(11-21(28)27(22)13-14)16-6-5-9-24-12-16/h3-13,15,25H,1-2H3,(H,29,30). The average Bonchev–Trinajstić information content (AvgIpc) is 2.74. The molecule has 4 aromatic rings. The molecule has 0 aliphatic carbocycles. The van der Waals surface area contributed by atoms with Crippen LogP contribution >= 0.6 is 0 Å². The van der Waals surface area contributed by atoms with Crippen LogP contribution in [-0.2, 0) is 0 Å². The Morgan fingerprint density at radius 3 is 2.70 bits per heavy atom. The summed E-state index contributed by atoms with van der Waals surface area (Å²) < 4.78 is 1.52. The maximum atomic E-state index is 12.8. The third-order valence-corrected chi connectivity index (χ3v) is 4.88. The van der Waals surface area contributed by atoms with Gasteiger partial charge in [0.05, 0.1) is 17.3 Å². The van der Waals surface area contributed by atoms with Crippen molar-refractivity contribution in [2.45, 2.75) is 19.9 Å². The number of carboxylic acid groups (broad SMARTS) is 1. The van der Waals surface area contributed by atoms with E-state index in [-0.39, 0.29) is 17.2 Å². The van der Waals surface area contributed by atoms with Crippen molar-refractivity contribution < 1.29 is 9.90 Å². The number of benzene rings is 1. The number of hydrogen-bond acceptors (Lipinski definition) is 5. The molecule has 3 heterocycles. The Labute approximate surface area is 172 Å². The summed E-state index contributed by atoms with van der Waals surface area (Å²) in [6.07, 6.45) is 5.08. The molecule has 0 aliphatic rings. The van der Waals surface area contributed by atoms with E-state index in [1.165, 1.54) is 10.5 Å². The van der Waals surface area contributed by atoms with Crippen molar-refractivity contribution in [3.63, 3.8) is 0 Å². The molecular weight excluding hydrogens is 380 g/mol. The SMILES string of the molecule is Cc1cc(C(C)Nc2ccccc2C(=O)O)c2nc(-c3cccnc3)cc(=O)n2c1. The van der Waals surface area contributed by atoms with Crippen molar-refractivity contribution in [3.05, 3.63) is 94.2 Å². The highest BCUT2D eigenvalue weighted by Gasteiger charge is 2.17. The van der Waals surface area contributed by atoms with Gasteiger partial charge in [-0.2, -0.15) is 0 Å². The fourth-order valence-corrected chi connectivity index (χ4v) is 3.46. The number of para-hydroxylation sites is 1. The Hall–Kier alpha value is -4.00. The van der Waals surface area contributed by atoms with Crippen LogP contribution in [0, 0.1) is 6.92 Å². The number of aryl methyl sites for hydroxylation is 1. The number of hydrogen-bond donors (Lipinski definition) is 2. The first kappa shape index (κ1) is 19.3. The Morgan fingerprint density at radius 1 is 1.17 bits per heavy atom. The van der Waals surface area contributed by atoms with E-state index < -0.39 is 5.97 Å². The fraction of sp³-hybridized carbons (Fsp3) is 0.130. The van der Waals surface area contributed by atoms with Crippen molar-refractivity contribution in [1.29, 1.82) is 0 Å². The Balaban J connectivity index is 1.85. The van der Waals surface area contributed by atoms with Crippen LogP contribution < -0.4 is 10.9 Å². The zero-order valence-corrected chi connectivity index (χ0v) is 16.5. The van der Waals surface area contributed by atoms with Gasteiger partial charge in [-0.25, -0.2) is 9.78 Å². The van der Waals surface area contributed by atoms with E-state index in [0.717, 1.165) is 16.7 Å². The van der Waals surface area contributed by atoms with Gasteiger partial charge in [0.2, 0.25) is 0 Å². The van der Waals surface area contributed by atoms with E-state index in [1.807, 2.05) is 26.0 Å². The van der Waals surface area contributed by atoms with Crippen LogP contribution in [0.15, 0.2) is 71.9 Å². The Bertz CT molecular complexity index is 1300. The van der Waals surface area contributed by atoms with Gasteiger partial charge in [0.15, 0.2) is 0 Å². The molecule has 0 radical (unpaired) electrons. The van der Waals surface area contributed by atoms with Gasteiger partial charge in [0.1, 0.15) is 5.65 Å². The monoisotopic (exact) mass is 400 g/mol. The summed E-state index contributed by atoms with van der Waals surface area (Å²) >= 11 is 0. The van der Waals surface area contributed by atoms with Gasteiger partial charge in [0, 0.05) is 41.5 Å². The van der Waals surface area contributed by atoms with Crippen LogP contribution in [-0.4, -0.2) is 25.4 Å². The lowest BCUT2D eigenvalue weighted by atomic mass is 10.1. The van der Waals surface area contributed by atoms with Crippen LogP contribution in [0.5, 0.6) is 0 Å². The van der Waals surface area contributed by atoms with E-state index in [4.69, 9.17) is 4.98 Å². The summed E-state index contributed by atoms with van der Waals surface area (Å²) in [6, 6.07) is 13.5. The molecule has 30 heavy (non-hydrogen) atoms. The van der Waals surface area contributed by atoms with Crippen LogP contribution in [0.2, 0.25) is 0 Å². The highest BCUT2D eigenvalue weighted by Crippen LogP contribution is 2.26. The molecule has 4 rings (SSSR count). The van der Waals surface area contributed by atoms with Crippen molar-refractivity contribution in [2.75, 3.05) is 5.32 Å². The molecule has 150 valence electrons. The molecule has 0 fully saturated rings. The number of pyridine rings is 2. The number of nitrogens with one attached hydrogen (secondary N) is 1. The van der Waals surface area contributed by atoms with Gasteiger partial charge < -0.3 is 10.4 Å². The summed E-state index contributed by atoms with van der Waals surface area (Å²) in [7, 11) is 0. The number of nitrogens with zero attached hydrogens (tertiary/aromatic N) is 3. The summed E-state index contributed by atoms with van der Waals surface area (Å²) in [6.45, 7) is 3.82. The summed E-state index contributed by atoms with van der Waals surface area (Å²) in [4.78, 5) is 33.2.